The first-order valence-electron chi connectivity index (χ1n) is 5.58. The molecule has 0 bridgehead atoms. The predicted octanol–water partition coefficient (Wildman–Crippen LogP) is 2.06. The van der Waals surface area contributed by atoms with E-state index < -0.39 is 0 Å². The van der Waals surface area contributed by atoms with Crippen molar-refractivity contribution >= 4 is 23.6 Å². The van der Waals surface area contributed by atoms with Crippen LogP contribution >= 0.6 is 11.8 Å². The molecule has 86 valence electrons. The number of hydrogen-bond donors (Lipinski definition) is 0. The molecule has 0 radical (unpaired) electrons. The molecule has 0 aromatic carbocycles. The lowest BCUT2D eigenvalue weighted by molar-refractivity contribution is -0.143. The molecular weight excluding hydrogens is 210 g/mol. The molecule has 0 atom stereocenters. The summed E-state index contributed by atoms with van der Waals surface area (Å²) in [5.41, 5.74) is 0. The van der Waals surface area contributed by atoms with Crippen LogP contribution in [0.5, 0.6) is 0 Å². The highest BCUT2D eigenvalue weighted by atomic mass is 32.2. The average molecular weight is 229 g/mol. The van der Waals surface area contributed by atoms with Gasteiger partial charge < -0.3 is 0 Å². The zero-order chi connectivity index (χ0) is 11.1. The van der Waals surface area contributed by atoms with E-state index in [1.54, 1.807) is 11.8 Å². The molecule has 1 saturated heterocycles. The zero-order valence-corrected chi connectivity index (χ0v) is 10.1. The molecule has 0 saturated carbocycles. The minimum atomic E-state index is 0.0293. The molecule has 0 aromatic heterocycles. The van der Waals surface area contributed by atoms with Gasteiger partial charge in [0.1, 0.15) is 0 Å². The molecule has 0 unspecified atom stereocenters. The Bertz CT molecular complexity index is 213. The normalized spacial score (nSPS) is 18.1. The highest BCUT2D eigenvalue weighted by Crippen LogP contribution is 2.13. The van der Waals surface area contributed by atoms with Gasteiger partial charge in [-0.05, 0) is 37.7 Å². The maximum Gasteiger partial charge on any atom is 0.229 e. The molecule has 15 heavy (non-hydrogen) atoms. The van der Waals surface area contributed by atoms with Crippen LogP contribution in [0.3, 0.4) is 0 Å². The van der Waals surface area contributed by atoms with E-state index in [1.807, 2.05) is 0 Å². The van der Waals surface area contributed by atoms with Gasteiger partial charge in [-0.25, -0.2) is 0 Å². The van der Waals surface area contributed by atoms with Gasteiger partial charge in [0.25, 0.3) is 0 Å². The Hall–Kier alpha value is -0.510. The number of nitrogens with zero attached hydrogens (tertiary/aromatic N) is 1. The molecule has 0 aromatic rings. The summed E-state index contributed by atoms with van der Waals surface area (Å²) in [7, 11) is 0. The molecule has 1 aliphatic rings. The fourth-order valence-corrected chi connectivity index (χ4v) is 2.22. The third kappa shape index (κ3) is 4.24. The number of unbranched alkanes of at least 4 members (excludes halogenated alkanes) is 1. The average Bonchev–Trinajstić information content (AvgIpc) is 2.37. The number of carbonyl (C=O) groups is 2. The Morgan fingerprint density at radius 1 is 1.13 bits per heavy atom. The first-order valence-corrected chi connectivity index (χ1v) is 6.97. The van der Waals surface area contributed by atoms with E-state index in [-0.39, 0.29) is 11.8 Å². The quantitative estimate of drug-likeness (QED) is 0.535. The van der Waals surface area contributed by atoms with Crippen LogP contribution in [0, 0.1) is 0 Å². The summed E-state index contributed by atoms with van der Waals surface area (Å²) in [5, 5.41) is 0. The summed E-state index contributed by atoms with van der Waals surface area (Å²) < 4.78 is 0. The molecule has 3 nitrogen and oxygen atoms in total. The van der Waals surface area contributed by atoms with Gasteiger partial charge >= 0.3 is 0 Å². The van der Waals surface area contributed by atoms with Gasteiger partial charge in [0.2, 0.25) is 11.8 Å². The van der Waals surface area contributed by atoms with E-state index in [1.165, 1.54) is 4.90 Å². The molecule has 0 aliphatic carbocycles. The molecule has 4 heteroatoms. The maximum atomic E-state index is 11.6. The van der Waals surface area contributed by atoms with Crippen LogP contribution < -0.4 is 0 Å². The second kappa shape index (κ2) is 6.88. The van der Waals surface area contributed by atoms with Crippen molar-refractivity contribution in [2.45, 2.75) is 38.5 Å². The first-order chi connectivity index (χ1) is 7.25. The molecule has 1 rings (SSSR count). The van der Waals surface area contributed by atoms with Crippen molar-refractivity contribution in [3.63, 3.8) is 0 Å². The third-order valence-corrected chi connectivity index (χ3v) is 3.31. The first kappa shape index (κ1) is 12.6. The zero-order valence-electron chi connectivity index (χ0n) is 9.33. The SMILES string of the molecule is CSCCCCN1C(=O)CCCCC1=O. The van der Waals surface area contributed by atoms with E-state index in [0.717, 1.165) is 31.4 Å². The van der Waals surface area contributed by atoms with Crippen LogP contribution in [0.2, 0.25) is 0 Å². The summed E-state index contributed by atoms with van der Waals surface area (Å²) in [5.74, 6) is 1.17. The van der Waals surface area contributed by atoms with Crippen molar-refractivity contribution in [2.75, 3.05) is 18.6 Å². The van der Waals surface area contributed by atoms with Crippen LogP contribution in [0.25, 0.3) is 0 Å². The Morgan fingerprint density at radius 2 is 1.73 bits per heavy atom. The highest BCUT2D eigenvalue weighted by Gasteiger charge is 2.22. The molecule has 1 aliphatic heterocycles. The van der Waals surface area contributed by atoms with Crippen LogP contribution in [-0.4, -0.2) is 35.3 Å². The smallest absolute Gasteiger partial charge is 0.229 e. The fraction of sp³-hybridized carbons (Fsp3) is 0.818. The van der Waals surface area contributed by atoms with Gasteiger partial charge in [-0.3, -0.25) is 14.5 Å². The number of rotatable bonds is 5. The third-order valence-electron chi connectivity index (χ3n) is 2.61. The lowest BCUT2D eigenvalue weighted by Gasteiger charge is -2.18. The van der Waals surface area contributed by atoms with Crippen molar-refractivity contribution in [3.05, 3.63) is 0 Å². The van der Waals surface area contributed by atoms with Crippen molar-refractivity contribution in [3.8, 4) is 0 Å². The Kier molecular flexibility index (Phi) is 5.76. The van der Waals surface area contributed by atoms with E-state index in [4.69, 9.17) is 0 Å². The molecule has 1 fully saturated rings. The van der Waals surface area contributed by atoms with Gasteiger partial charge in [-0.1, -0.05) is 0 Å². The summed E-state index contributed by atoms with van der Waals surface area (Å²) >= 11 is 1.81. The Balaban J connectivity index is 2.35. The van der Waals surface area contributed by atoms with Gasteiger partial charge in [0, 0.05) is 19.4 Å². The summed E-state index contributed by atoms with van der Waals surface area (Å²) in [4.78, 5) is 24.6. The van der Waals surface area contributed by atoms with Crippen LogP contribution in [0.1, 0.15) is 38.5 Å². The number of imide groups is 1. The number of carbonyl (C=O) groups excluding carboxylic acids is 2. The van der Waals surface area contributed by atoms with E-state index in [2.05, 4.69) is 6.26 Å². The van der Waals surface area contributed by atoms with E-state index >= 15 is 0 Å². The molecule has 1 heterocycles. The monoisotopic (exact) mass is 229 g/mol. The number of hydrogen-bond acceptors (Lipinski definition) is 3. The lowest BCUT2D eigenvalue weighted by Crippen LogP contribution is -2.35. The fourth-order valence-electron chi connectivity index (χ4n) is 1.73. The minimum absolute atomic E-state index is 0.0293. The van der Waals surface area contributed by atoms with Crippen LogP contribution in [0.4, 0.5) is 0 Å². The summed E-state index contributed by atoms with van der Waals surface area (Å²) in [6.45, 7) is 0.623. The molecular formula is C11H19NO2S. The minimum Gasteiger partial charge on any atom is -0.283 e. The second-order valence-corrected chi connectivity index (χ2v) is 4.83. The summed E-state index contributed by atoms with van der Waals surface area (Å²) in [6.07, 6.45) is 6.93. The van der Waals surface area contributed by atoms with E-state index in [9.17, 15) is 9.59 Å². The number of likely N-dealkylation sites (tertiary alicyclic amines) is 1. The standard InChI is InChI=1S/C11H19NO2S/c1-15-9-5-4-8-12-10(13)6-2-3-7-11(12)14/h2-9H2,1H3. The van der Waals surface area contributed by atoms with Crippen molar-refractivity contribution in [1.82, 2.24) is 4.90 Å². The molecule has 0 spiro atoms. The van der Waals surface area contributed by atoms with Gasteiger partial charge in [0.05, 0.1) is 0 Å². The Morgan fingerprint density at radius 3 is 2.27 bits per heavy atom. The van der Waals surface area contributed by atoms with Crippen molar-refractivity contribution in [2.24, 2.45) is 0 Å². The molecule has 2 amide bonds. The lowest BCUT2D eigenvalue weighted by atomic mass is 10.2. The maximum absolute atomic E-state index is 11.6. The number of thioether (sulfide) groups is 1. The number of amides is 2. The topological polar surface area (TPSA) is 37.4 Å². The van der Waals surface area contributed by atoms with Crippen molar-refractivity contribution < 1.29 is 9.59 Å². The van der Waals surface area contributed by atoms with Crippen LogP contribution in [-0.2, 0) is 9.59 Å². The van der Waals surface area contributed by atoms with E-state index in [0.29, 0.717) is 19.4 Å². The van der Waals surface area contributed by atoms with Gasteiger partial charge in [0.15, 0.2) is 0 Å². The van der Waals surface area contributed by atoms with Crippen LogP contribution in [0.15, 0.2) is 0 Å². The largest absolute Gasteiger partial charge is 0.283 e. The molecule has 0 N–H and O–H groups in total. The Labute approximate surface area is 95.6 Å². The van der Waals surface area contributed by atoms with Crippen molar-refractivity contribution in [1.29, 1.82) is 0 Å². The summed E-state index contributed by atoms with van der Waals surface area (Å²) in [6, 6.07) is 0. The highest BCUT2D eigenvalue weighted by molar-refractivity contribution is 7.98. The van der Waals surface area contributed by atoms with Gasteiger partial charge in [-0.2, -0.15) is 11.8 Å². The predicted molar refractivity (Wildman–Crippen MR) is 62.8 cm³/mol. The van der Waals surface area contributed by atoms with Gasteiger partial charge in [-0.15, -0.1) is 0 Å². The second-order valence-electron chi connectivity index (χ2n) is 3.85.